The van der Waals surface area contributed by atoms with Crippen LogP contribution < -0.4 is 16.2 Å². The zero-order chi connectivity index (χ0) is 22.2. The average Bonchev–Trinajstić information content (AvgIpc) is 2.85. The summed E-state index contributed by atoms with van der Waals surface area (Å²) >= 11 is 0. The van der Waals surface area contributed by atoms with Crippen molar-refractivity contribution in [1.82, 2.24) is 14.9 Å². The van der Waals surface area contributed by atoms with Crippen molar-refractivity contribution in [2.24, 2.45) is 0 Å². The Bertz CT molecular complexity index is 1220. The molecule has 1 amide bonds. The minimum Gasteiger partial charge on any atom is -0.351 e. The first kappa shape index (κ1) is 21.1. The monoisotopic (exact) mass is 424 g/mol. The van der Waals surface area contributed by atoms with Crippen LogP contribution in [0.4, 0.5) is 5.95 Å². The Kier molecular flexibility index (Phi) is 6.72. The van der Waals surface area contributed by atoms with Crippen LogP contribution in [-0.4, -0.2) is 15.5 Å². The van der Waals surface area contributed by atoms with Crippen molar-refractivity contribution in [3.05, 3.63) is 119 Å². The highest BCUT2D eigenvalue weighted by Crippen LogP contribution is 2.17. The van der Waals surface area contributed by atoms with E-state index in [0.29, 0.717) is 24.7 Å². The van der Waals surface area contributed by atoms with Gasteiger partial charge in [-0.2, -0.15) is 0 Å². The summed E-state index contributed by atoms with van der Waals surface area (Å²) in [4.78, 5) is 30.2. The van der Waals surface area contributed by atoms with E-state index in [4.69, 9.17) is 0 Å². The first-order valence-corrected chi connectivity index (χ1v) is 10.4. The molecule has 1 heterocycles. The van der Waals surface area contributed by atoms with Gasteiger partial charge in [-0.25, -0.2) is 4.98 Å². The zero-order valence-electron chi connectivity index (χ0n) is 17.6. The molecule has 3 aromatic carbocycles. The number of hydrogen-bond donors (Lipinski definition) is 2. The largest absolute Gasteiger partial charge is 0.351 e. The van der Waals surface area contributed by atoms with Crippen LogP contribution in [0, 0.1) is 0 Å². The number of anilines is 1. The highest BCUT2D eigenvalue weighted by Gasteiger charge is 2.13. The Morgan fingerprint density at radius 2 is 1.34 bits per heavy atom. The standard InChI is InChI=1S/C26H24N4O2/c31-24(27-17-20-10-4-1-5-11-20)19-30-25(32)16-23(22-14-8-3-9-15-22)29-26(30)28-18-21-12-6-2-7-13-21/h1-16H,17-19H2,(H,27,31)(H,28,29). The number of carbonyl (C=O) groups excluding carboxylic acids is 1. The fourth-order valence-electron chi connectivity index (χ4n) is 3.32. The number of hydrogen-bond acceptors (Lipinski definition) is 4. The molecule has 0 aliphatic carbocycles. The van der Waals surface area contributed by atoms with Crippen LogP contribution >= 0.6 is 0 Å². The lowest BCUT2D eigenvalue weighted by Crippen LogP contribution is -2.33. The second-order valence-corrected chi connectivity index (χ2v) is 7.36. The van der Waals surface area contributed by atoms with E-state index in [1.54, 1.807) is 0 Å². The molecule has 6 nitrogen and oxygen atoms in total. The molecule has 0 aliphatic heterocycles. The lowest BCUT2D eigenvalue weighted by atomic mass is 10.1. The molecule has 0 saturated heterocycles. The molecular formula is C26H24N4O2. The normalized spacial score (nSPS) is 10.5. The van der Waals surface area contributed by atoms with Gasteiger partial charge in [0.1, 0.15) is 6.54 Å². The van der Waals surface area contributed by atoms with E-state index in [1.165, 1.54) is 10.6 Å². The van der Waals surface area contributed by atoms with E-state index in [1.807, 2.05) is 91.0 Å². The lowest BCUT2D eigenvalue weighted by Gasteiger charge is -2.15. The van der Waals surface area contributed by atoms with E-state index in [2.05, 4.69) is 15.6 Å². The zero-order valence-corrected chi connectivity index (χ0v) is 17.6. The van der Waals surface area contributed by atoms with Gasteiger partial charge in [0.2, 0.25) is 11.9 Å². The maximum absolute atomic E-state index is 13.0. The molecule has 0 fully saturated rings. The molecule has 0 unspecified atom stereocenters. The van der Waals surface area contributed by atoms with Crippen molar-refractivity contribution in [3.8, 4) is 11.3 Å². The predicted molar refractivity (Wildman–Crippen MR) is 126 cm³/mol. The highest BCUT2D eigenvalue weighted by molar-refractivity contribution is 5.76. The third-order valence-electron chi connectivity index (χ3n) is 5.01. The van der Waals surface area contributed by atoms with E-state index in [0.717, 1.165) is 16.7 Å². The molecule has 0 radical (unpaired) electrons. The van der Waals surface area contributed by atoms with Gasteiger partial charge < -0.3 is 10.6 Å². The molecule has 160 valence electrons. The SMILES string of the molecule is O=C(Cn1c(NCc2ccccc2)nc(-c2ccccc2)cc1=O)NCc1ccccc1. The number of aromatic nitrogens is 2. The van der Waals surface area contributed by atoms with Crippen molar-refractivity contribution in [2.75, 3.05) is 5.32 Å². The predicted octanol–water partition coefficient (Wildman–Crippen LogP) is 3.84. The second-order valence-electron chi connectivity index (χ2n) is 7.36. The van der Waals surface area contributed by atoms with Gasteiger partial charge in [0.25, 0.3) is 5.56 Å². The summed E-state index contributed by atoms with van der Waals surface area (Å²) in [6.45, 7) is 0.763. The van der Waals surface area contributed by atoms with Gasteiger partial charge in [0.05, 0.1) is 5.69 Å². The summed E-state index contributed by atoms with van der Waals surface area (Å²) in [5, 5.41) is 6.10. The number of carbonyl (C=O) groups is 1. The number of amides is 1. The van der Waals surface area contributed by atoms with E-state index in [9.17, 15) is 9.59 Å². The van der Waals surface area contributed by atoms with Crippen LogP contribution in [0.2, 0.25) is 0 Å². The van der Waals surface area contributed by atoms with E-state index in [-0.39, 0.29) is 18.0 Å². The van der Waals surface area contributed by atoms with Crippen molar-refractivity contribution < 1.29 is 4.79 Å². The quantitative estimate of drug-likeness (QED) is 0.451. The van der Waals surface area contributed by atoms with Crippen LogP contribution in [0.5, 0.6) is 0 Å². The number of rotatable bonds is 8. The fourth-order valence-corrected chi connectivity index (χ4v) is 3.32. The Labute approximate surface area is 186 Å². The van der Waals surface area contributed by atoms with Crippen molar-refractivity contribution in [2.45, 2.75) is 19.6 Å². The van der Waals surface area contributed by atoms with Gasteiger partial charge in [-0.1, -0.05) is 91.0 Å². The maximum Gasteiger partial charge on any atom is 0.255 e. The van der Waals surface area contributed by atoms with E-state index < -0.39 is 0 Å². The maximum atomic E-state index is 13.0. The Morgan fingerprint density at radius 1 is 0.781 bits per heavy atom. The van der Waals surface area contributed by atoms with Gasteiger partial charge in [-0.05, 0) is 11.1 Å². The van der Waals surface area contributed by atoms with Crippen LogP contribution in [0.15, 0.2) is 102 Å². The fraction of sp³-hybridized carbons (Fsp3) is 0.115. The lowest BCUT2D eigenvalue weighted by molar-refractivity contribution is -0.121. The molecule has 0 bridgehead atoms. The third kappa shape index (κ3) is 5.49. The van der Waals surface area contributed by atoms with Gasteiger partial charge in [0, 0.05) is 24.7 Å². The number of nitrogens with zero attached hydrogens (tertiary/aromatic N) is 2. The summed E-state index contributed by atoms with van der Waals surface area (Å²) in [6, 6.07) is 30.5. The van der Waals surface area contributed by atoms with Crippen molar-refractivity contribution >= 4 is 11.9 Å². The van der Waals surface area contributed by atoms with Gasteiger partial charge in [-0.15, -0.1) is 0 Å². The van der Waals surface area contributed by atoms with Crippen LogP contribution in [0.3, 0.4) is 0 Å². The van der Waals surface area contributed by atoms with Crippen molar-refractivity contribution in [3.63, 3.8) is 0 Å². The summed E-state index contributed by atoms with van der Waals surface area (Å²) in [6.07, 6.45) is 0. The molecule has 4 rings (SSSR count). The molecule has 4 aromatic rings. The van der Waals surface area contributed by atoms with E-state index >= 15 is 0 Å². The molecular weight excluding hydrogens is 400 g/mol. The minimum atomic E-state index is -0.288. The molecule has 0 saturated carbocycles. The first-order valence-electron chi connectivity index (χ1n) is 10.4. The highest BCUT2D eigenvalue weighted by atomic mass is 16.2. The van der Waals surface area contributed by atoms with Crippen LogP contribution in [0.25, 0.3) is 11.3 Å². The van der Waals surface area contributed by atoms with Crippen LogP contribution in [-0.2, 0) is 24.4 Å². The molecule has 6 heteroatoms. The Hall–Kier alpha value is -4.19. The Balaban J connectivity index is 1.57. The summed E-state index contributed by atoms with van der Waals surface area (Å²) in [5.41, 5.74) is 3.16. The Morgan fingerprint density at radius 3 is 1.97 bits per heavy atom. The summed E-state index contributed by atoms with van der Waals surface area (Å²) < 4.78 is 1.37. The van der Waals surface area contributed by atoms with Gasteiger partial charge in [0.15, 0.2) is 0 Å². The molecule has 0 spiro atoms. The molecule has 32 heavy (non-hydrogen) atoms. The molecule has 1 aromatic heterocycles. The molecule has 0 atom stereocenters. The smallest absolute Gasteiger partial charge is 0.255 e. The van der Waals surface area contributed by atoms with Gasteiger partial charge in [-0.3, -0.25) is 14.2 Å². The first-order chi connectivity index (χ1) is 15.7. The van der Waals surface area contributed by atoms with Gasteiger partial charge >= 0.3 is 0 Å². The number of nitrogens with one attached hydrogen (secondary N) is 2. The van der Waals surface area contributed by atoms with Crippen LogP contribution in [0.1, 0.15) is 11.1 Å². The molecule has 0 aliphatic rings. The average molecular weight is 425 g/mol. The summed E-state index contributed by atoms with van der Waals surface area (Å²) in [7, 11) is 0. The van der Waals surface area contributed by atoms with Crippen molar-refractivity contribution in [1.29, 1.82) is 0 Å². The third-order valence-corrected chi connectivity index (χ3v) is 5.01. The molecule has 2 N–H and O–H groups in total. The minimum absolute atomic E-state index is 0.120. The number of benzene rings is 3. The topological polar surface area (TPSA) is 76.0 Å². The summed E-state index contributed by atoms with van der Waals surface area (Å²) in [5.74, 6) is 0.100. The second kappa shape index (κ2) is 10.2.